The number of nitrogens with one attached hydrogen (secondary N) is 1. The van der Waals surface area contributed by atoms with Gasteiger partial charge in [0.25, 0.3) is 0 Å². The number of hydrogen-bond donors (Lipinski definition) is 3. The summed E-state index contributed by atoms with van der Waals surface area (Å²) in [6, 6.07) is 0. The first kappa shape index (κ1) is 13.4. The fourth-order valence-electron chi connectivity index (χ4n) is 2.35. The number of aliphatic hydroxyl groups is 1. The number of rotatable bonds is 6. The van der Waals surface area contributed by atoms with Crippen molar-refractivity contribution in [3.8, 4) is 0 Å². The third kappa shape index (κ3) is 4.47. The van der Waals surface area contributed by atoms with Gasteiger partial charge in [0.1, 0.15) is 0 Å². The third-order valence-electron chi connectivity index (χ3n) is 3.20. The van der Waals surface area contributed by atoms with E-state index in [9.17, 15) is 9.90 Å². The van der Waals surface area contributed by atoms with E-state index in [1.54, 1.807) is 0 Å². The molecular formula is C11H23N3O2. The molecule has 0 bridgehead atoms. The Morgan fingerprint density at radius 3 is 2.69 bits per heavy atom. The van der Waals surface area contributed by atoms with Gasteiger partial charge in [-0.15, -0.1) is 0 Å². The zero-order valence-electron chi connectivity index (χ0n) is 10.0. The Kier molecular flexibility index (Phi) is 5.18. The van der Waals surface area contributed by atoms with Crippen LogP contribution in [0.2, 0.25) is 0 Å². The molecule has 5 nitrogen and oxygen atoms in total. The van der Waals surface area contributed by atoms with Crippen LogP contribution in [-0.2, 0) is 4.79 Å². The molecule has 94 valence electrons. The molecule has 0 radical (unpaired) electrons. The van der Waals surface area contributed by atoms with E-state index in [-0.39, 0.29) is 5.91 Å². The molecule has 0 heterocycles. The first-order chi connectivity index (χ1) is 7.56. The summed E-state index contributed by atoms with van der Waals surface area (Å²) in [6.07, 6.45) is 5.27. The van der Waals surface area contributed by atoms with Gasteiger partial charge >= 0.3 is 0 Å². The van der Waals surface area contributed by atoms with Gasteiger partial charge in [-0.3, -0.25) is 10.2 Å². The van der Waals surface area contributed by atoms with Crippen molar-refractivity contribution < 1.29 is 9.90 Å². The highest BCUT2D eigenvalue weighted by Crippen LogP contribution is 2.29. The molecule has 0 spiro atoms. The van der Waals surface area contributed by atoms with Crippen molar-refractivity contribution in [1.82, 2.24) is 10.3 Å². The molecule has 0 aromatic rings. The van der Waals surface area contributed by atoms with Crippen molar-refractivity contribution in [3.63, 3.8) is 0 Å². The maximum atomic E-state index is 10.9. The summed E-state index contributed by atoms with van der Waals surface area (Å²) in [7, 11) is 1.98. The van der Waals surface area contributed by atoms with Crippen molar-refractivity contribution in [2.45, 2.75) is 44.1 Å². The van der Waals surface area contributed by atoms with E-state index in [0.717, 1.165) is 38.6 Å². The summed E-state index contributed by atoms with van der Waals surface area (Å²) in [5.74, 6) is 4.86. The lowest BCUT2D eigenvalue weighted by atomic mass is 10.0. The zero-order valence-corrected chi connectivity index (χ0v) is 10.0. The monoisotopic (exact) mass is 229 g/mol. The van der Waals surface area contributed by atoms with Crippen molar-refractivity contribution in [1.29, 1.82) is 0 Å². The quantitative estimate of drug-likeness (QED) is 0.340. The number of nitrogens with zero attached hydrogens (tertiary/aromatic N) is 1. The van der Waals surface area contributed by atoms with Crippen molar-refractivity contribution >= 4 is 5.91 Å². The standard InChI is InChI=1S/C11H23N3O2/c1-14(8-4-5-10(15)13-12)9-11(16)6-2-3-7-11/h16H,2-9,12H2,1H3,(H,13,15). The molecule has 0 aromatic carbocycles. The van der Waals surface area contributed by atoms with Gasteiger partial charge in [0, 0.05) is 13.0 Å². The molecular weight excluding hydrogens is 206 g/mol. The van der Waals surface area contributed by atoms with Crippen LogP contribution in [0.1, 0.15) is 38.5 Å². The largest absolute Gasteiger partial charge is 0.389 e. The Labute approximate surface area is 97.0 Å². The van der Waals surface area contributed by atoms with Crippen LogP contribution in [0.25, 0.3) is 0 Å². The molecule has 1 amide bonds. The van der Waals surface area contributed by atoms with Gasteiger partial charge < -0.3 is 10.0 Å². The molecule has 16 heavy (non-hydrogen) atoms. The fraction of sp³-hybridized carbons (Fsp3) is 0.909. The summed E-state index contributed by atoms with van der Waals surface area (Å²) in [6.45, 7) is 1.52. The molecule has 0 saturated heterocycles. The van der Waals surface area contributed by atoms with Gasteiger partial charge in [-0.05, 0) is 32.9 Å². The topological polar surface area (TPSA) is 78.6 Å². The van der Waals surface area contributed by atoms with Crippen molar-refractivity contribution in [2.24, 2.45) is 5.84 Å². The normalized spacial score (nSPS) is 19.0. The molecule has 0 aromatic heterocycles. The molecule has 5 heteroatoms. The minimum absolute atomic E-state index is 0.132. The molecule has 1 aliphatic carbocycles. The van der Waals surface area contributed by atoms with E-state index in [2.05, 4.69) is 10.3 Å². The number of amides is 1. The van der Waals surface area contributed by atoms with Crippen molar-refractivity contribution in [2.75, 3.05) is 20.1 Å². The molecule has 0 atom stereocenters. The highest BCUT2D eigenvalue weighted by molar-refractivity contribution is 5.75. The predicted octanol–water partition coefficient (Wildman–Crippen LogP) is -0.00660. The average Bonchev–Trinajstić information content (AvgIpc) is 2.64. The second kappa shape index (κ2) is 6.18. The predicted molar refractivity (Wildman–Crippen MR) is 62.5 cm³/mol. The number of carbonyl (C=O) groups excluding carboxylic acids is 1. The Morgan fingerprint density at radius 2 is 2.12 bits per heavy atom. The van der Waals surface area contributed by atoms with E-state index < -0.39 is 5.60 Å². The summed E-state index contributed by atoms with van der Waals surface area (Å²) in [5.41, 5.74) is 1.62. The van der Waals surface area contributed by atoms with E-state index in [1.165, 1.54) is 0 Å². The second-order valence-corrected chi connectivity index (χ2v) is 4.84. The van der Waals surface area contributed by atoms with Crippen LogP contribution in [0.5, 0.6) is 0 Å². The molecule has 1 aliphatic rings. The van der Waals surface area contributed by atoms with Gasteiger partial charge in [-0.25, -0.2) is 5.84 Å². The lowest BCUT2D eigenvalue weighted by Gasteiger charge is -2.28. The van der Waals surface area contributed by atoms with Crippen molar-refractivity contribution in [3.05, 3.63) is 0 Å². The van der Waals surface area contributed by atoms with Crippen LogP contribution >= 0.6 is 0 Å². The smallest absolute Gasteiger partial charge is 0.233 e. The van der Waals surface area contributed by atoms with Gasteiger partial charge in [0.2, 0.25) is 5.91 Å². The second-order valence-electron chi connectivity index (χ2n) is 4.84. The molecule has 1 saturated carbocycles. The van der Waals surface area contributed by atoms with Gasteiger partial charge in [-0.1, -0.05) is 12.8 Å². The number of hydrogen-bond acceptors (Lipinski definition) is 4. The number of likely N-dealkylation sites (N-methyl/N-ethyl adjacent to an activating group) is 1. The highest BCUT2D eigenvalue weighted by atomic mass is 16.3. The van der Waals surface area contributed by atoms with E-state index >= 15 is 0 Å². The maximum Gasteiger partial charge on any atom is 0.233 e. The van der Waals surface area contributed by atoms with Crippen LogP contribution in [0.4, 0.5) is 0 Å². The molecule has 1 fully saturated rings. The highest BCUT2D eigenvalue weighted by Gasteiger charge is 2.31. The van der Waals surface area contributed by atoms with Crippen LogP contribution in [0.15, 0.2) is 0 Å². The van der Waals surface area contributed by atoms with Crippen LogP contribution in [0.3, 0.4) is 0 Å². The minimum Gasteiger partial charge on any atom is -0.389 e. The lowest BCUT2D eigenvalue weighted by Crippen LogP contribution is -2.39. The molecule has 4 N–H and O–H groups in total. The number of nitrogens with two attached hydrogens (primary N) is 1. The zero-order chi connectivity index (χ0) is 12.0. The van der Waals surface area contributed by atoms with Crippen LogP contribution in [-0.4, -0.2) is 41.7 Å². The van der Waals surface area contributed by atoms with E-state index in [1.807, 2.05) is 7.05 Å². The Hall–Kier alpha value is -0.650. The first-order valence-electron chi connectivity index (χ1n) is 5.96. The summed E-state index contributed by atoms with van der Waals surface area (Å²) < 4.78 is 0. The summed E-state index contributed by atoms with van der Waals surface area (Å²) in [5, 5.41) is 10.2. The van der Waals surface area contributed by atoms with Gasteiger partial charge in [0.15, 0.2) is 0 Å². The Morgan fingerprint density at radius 1 is 1.50 bits per heavy atom. The first-order valence-corrected chi connectivity index (χ1v) is 5.96. The minimum atomic E-state index is -0.495. The third-order valence-corrected chi connectivity index (χ3v) is 3.20. The van der Waals surface area contributed by atoms with Gasteiger partial charge in [-0.2, -0.15) is 0 Å². The Balaban J connectivity index is 2.15. The van der Waals surface area contributed by atoms with Crippen LogP contribution < -0.4 is 11.3 Å². The SMILES string of the molecule is CN(CCCC(=O)NN)CC1(O)CCCC1. The maximum absolute atomic E-state index is 10.9. The van der Waals surface area contributed by atoms with E-state index in [0.29, 0.717) is 13.0 Å². The lowest BCUT2D eigenvalue weighted by molar-refractivity contribution is -0.121. The summed E-state index contributed by atoms with van der Waals surface area (Å²) in [4.78, 5) is 13.0. The average molecular weight is 229 g/mol. The van der Waals surface area contributed by atoms with E-state index in [4.69, 9.17) is 5.84 Å². The Bertz CT molecular complexity index is 227. The number of carbonyl (C=O) groups is 1. The fourth-order valence-corrected chi connectivity index (χ4v) is 2.35. The molecule has 1 rings (SSSR count). The number of hydrazine groups is 1. The van der Waals surface area contributed by atoms with Gasteiger partial charge in [0.05, 0.1) is 5.60 Å². The molecule has 0 unspecified atom stereocenters. The molecule has 0 aliphatic heterocycles. The van der Waals surface area contributed by atoms with Crippen LogP contribution in [0, 0.1) is 0 Å². The summed E-state index contributed by atoms with van der Waals surface area (Å²) >= 11 is 0.